The fourth-order valence-corrected chi connectivity index (χ4v) is 1.46. The second kappa shape index (κ2) is 4.03. The third-order valence-corrected chi connectivity index (χ3v) is 2.18. The van der Waals surface area contributed by atoms with Crippen molar-refractivity contribution < 1.29 is 4.79 Å². The molecule has 0 aromatic heterocycles. The smallest absolute Gasteiger partial charge is 0.254 e. The number of halogens is 1. The van der Waals surface area contributed by atoms with Gasteiger partial charge in [0.15, 0.2) is 0 Å². The minimum atomic E-state index is -0.0988. The highest BCUT2D eigenvalue weighted by molar-refractivity contribution is 7.80. The van der Waals surface area contributed by atoms with Gasteiger partial charge in [0.25, 0.3) is 5.91 Å². The number of thiol groups is 1. The Balaban J connectivity index is 3.09. The lowest BCUT2D eigenvalue weighted by Gasteiger charge is -2.11. The average molecular weight is 216 g/mol. The van der Waals surface area contributed by atoms with E-state index >= 15 is 0 Å². The molecule has 2 nitrogen and oxygen atoms in total. The van der Waals surface area contributed by atoms with Gasteiger partial charge in [-0.15, -0.1) is 12.6 Å². The number of rotatable bonds is 1. The highest BCUT2D eigenvalue weighted by Gasteiger charge is 2.11. The van der Waals surface area contributed by atoms with Crippen molar-refractivity contribution >= 4 is 30.1 Å². The fraction of sp³-hybridized carbons (Fsp3) is 0.222. The van der Waals surface area contributed by atoms with E-state index in [2.05, 4.69) is 12.6 Å². The zero-order valence-corrected chi connectivity index (χ0v) is 9.06. The molecule has 0 saturated carbocycles. The van der Waals surface area contributed by atoms with E-state index in [-0.39, 0.29) is 5.91 Å². The molecule has 0 heterocycles. The van der Waals surface area contributed by atoms with Crippen molar-refractivity contribution in [3.05, 3.63) is 28.8 Å². The van der Waals surface area contributed by atoms with Gasteiger partial charge in [0, 0.05) is 19.0 Å². The molecule has 0 aliphatic heterocycles. The van der Waals surface area contributed by atoms with Gasteiger partial charge in [-0.05, 0) is 18.2 Å². The molecule has 1 aromatic rings. The Kier molecular flexibility index (Phi) is 3.22. The van der Waals surface area contributed by atoms with Crippen LogP contribution >= 0.6 is 24.2 Å². The van der Waals surface area contributed by atoms with E-state index in [9.17, 15) is 4.79 Å². The Morgan fingerprint density at radius 3 is 2.54 bits per heavy atom. The Morgan fingerprint density at radius 1 is 1.46 bits per heavy atom. The first kappa shape index (κ1) is 10.4. The molecule has 0 spiro atoms. The van der Waals surface area contributed by atoms with Crippen LogP contribution in [0, 0.1) is 0 Å². The number of carbonyl (C=O) groups is 1. The summed E-state index contributed by atoms with van der Waals surface area (Å²) in [4.78, 5) is 13.7. The van der Waals surface area contributed by atoms with Crippen molar-refractivity contribution in [2.45, 2.75) is 4.90 Å². The molecule has 0 aliphatic rings. The minimum absolute atomic E-state index is 0.0988. The van der Waals surface area contributed by atoms with E-state index in [4.69, 9.17) is 11.6 Å². The monoisotopic (exact) mass is 215 g/mol. The summed E-state index contributed by atoms with van der Waals surface area (Å²) in [5.41, 5.74) is 0.504. The van der Waals surface area contributed by atoms with Crippen molar-refractivity contribution in [3.63, 3.8) is 0 Å². The lowest BCUT2D eigenvalue weighted by atomic mass is 10.2. The first-order valence-electron chi connectivity index (χ1n) is 3.72. The van der Waals surface area contributed by atoms with E-state index in [0.717, 1.165) is 4.90 Å². The molecule has 0 unspecified atom stereocenters. The van der Waals surface area contributed by atoms with Crippen LogP contribution in [-0.2, 0) is 0 Å². The van der Waals surface area contributed by atoms with Gasteiger partial charge in [0.2, 0.25) is 0 Å². The summed E-state index contributed by atoms with van der Waals surface area (Å²) in [6.45, 7) is 0. The predicted molar refractivity (Wildman–Crippen MR) is 56.7 cm³/mol. The van der Waals surface area contributed by atoms with E-state index < -0.39 is 0 Å². The highest BCUT2D eigenvalue weighted by Crippen LogP contribution is 2.20. The van der Waals surface area contributed by atoms with E-state index in [0.29, 0.717) is 10.6 Å². The molecule has 1 amide bonds. The summed E-state index contributed by atoms with van der Waals surface area (Å²) in [7, 11) is 3.38. The molecule has 1 aromatic carbocycles. The molecule has 70 valence electrons. The van der Waals surface area contributed by atoms with Crippen LogP contribution in [0.2, 0.25) is 5.02 Å². The van der Waals surface area contributed by atoms with Crippen LogP contribution in [0.25, 0.3) is 0 Å². The van der Waals surface area contributed by atoms with E-state index in [1.807, 2.05) is 0 Å². The molecule has 0 atom stereocenters. The zero-order valence-electron chi connectivity index (χ0n) is 7.41. The van der Waals surface area contributed by atoms with Gasteiger partial charge in [-0.1, -0.05) is 11.6 Å². The molecule has 1 rings (SSSR count). The molecule has 0 radical (unpaired) electrons. The molecule has 4 heteroatoms. The third kappa shape index (κ3) is 2.39. The molecule has 0 fully saturated rings. The van der Waals surface area contributed by atoms with Crippen molar-refractivity contribution in [3.8, 4) is 0 Å². The van der Waals surface area contributed by atoms with Crippen LogP contribution in [0.4, 0.5) is 0 Å². The summed E-state index contributed by atoms with van der Waals surface area (Å²) >= 11 is 9.98. The van der Waals surface area contributed by atoms with Crippen molar-refractivity contribution in [1.29, 1.82) is 0 Å². The number of carbonyl (C=O) groups excluding carboxylic acids is 1. The number of hydrogen-bond donors (Lipinski definition) is 1. The SMILES string of the molecule is CN(C)C(=O)c1ccc(S)cc1Cl. The van der Waals surface area contributed by atoms with Crippen molar-refractivity contribution in [2.75, 3.05) is 14.1 Å². The maximum atomic E-state index is 11.5. The Bertz CT molecular complexity index is 338. The fourth-order valence-electron chi connectivity index (χ4n) is 0.918. The summed E-state index contributed by atoms with van der Waals surface area (Å²) in [5, 5.41) is 0.436. The van der Waals surface area contributed by atoms with Gasteiger partial charge >= 0.3 is 0 Å². The minimum Gasteiger partial charge on any atom is -0.345 e. The highest BCUT2D eigenvalue weighted by atomic mass is 35.5. The molecule has 0 saturated heterocycles. The maximum absolute atomic E-state index is 11.5. The number of amides is 1. The third-order valence-electron chi connectivity index (χ3n) is 1.59. The van der Waals surface area contributed by atoms with E-state index in [1.54, 1.807) is 32.3 Å². The topological polar surface area (TPSA) is 20.3 Å². The number of benzene rings is 1. The first-order valence-corrected chi connectivity index (χ1v) is 4.55. The molecule has 0 aliphatic carbocycles. The van der Waals surface area contributed by atoms with Gasteiger partial charge in [-0.2, -0.15) is 0 Å². The van der Waals surface area contributed by atoms with Crippen LogP contribution in [0.15, 0.2) is 23.1 Å². The lowest BCUT2D eigenvalue weighted by Crippen LogP contribution is -2.21. The summed E-state index contributed by atoms with van der Waals surface area (Å²) in [6.07, 6.45) is 0. The summed E-state index contributed by atoms with van der Waals surface area (Å²) in [6, 6.07) is 5.07. The maximum Gasteiger partial charge on any atom is 0.254 e. The van der Waals surface area contributed by atoms with Crippen LogP contribution in [0.1, 0.15) is 10.4 Å². The second-order valence-electron chi connectivity index (χ2n) is 2.86. The molecular formula is C9H10ClNOS. The Labute approximate surface area is 87.9 Å². The van der Waals surface area contributed by atoms with Gasteiger partial charge in [-0.25, -0.2) is 0 Å². The van der Waals surface area contributed by atoms with Gasteiger partial charge in [0.05, 0.1) is 10.6 Å². The second-order valence-corrected chi connectivity index (χ2v) is 3.79. The standard InChI is InChI=1S/C9H10ClNOS/c1-11(2)9(12)7-4-3-6(13)5-8(7)10/h3-5,13H,1-2H3. The van der Waals surface area contributed by atoms with E-state index in [1.165, 1.54) is 4.90 Å². The summed E-state index contributed by atoms with van der Waals surface area (Å²) in [5.74, 6) is -0.0988. The summed E-state index contributed by atoms with van der Waals surface area (Å²) < 4.78 is 0. The first-order chi connectivity index (χ1) is 6.02. The van der Waals surface area contributed by atoms with Crippen molar-refractivity contribution in [1.82, 2.24) is 4.90 Å². The molecule has 13 heavy (non-hydrogen) atoms. The quantitative estimate of drug-likeness (QED) is 0.713. The van der Waals surface area contributed by atoms with Crippen LogP contribution < -0.4 is 0 Å². The lowest BCUT2D eigenvalue weighted by molar-refractivity contribution is 0.0827. The van der Waals surface area contributed by atoms with Gasteiger partial charge in [0.1, 0.15) is 0 Å². The average Bonchev–Trinajstić information content (AvgIpc) is 2.03. The largest absolute Gasteiger partial charge is 0.345 e. The van der Waals surface area contributed by atoms with Crippen LogP contribution in [0.3, 0.4) is 0 Å². The number of hydrogen-bond acceptors (Lipinski definition) is 2. The van der Waals surface area contributed by atoms with Crippen molar-refractivity contribution in [2.24, 2.45) is 0 Å². The number of nitrogens with zero attached hydrogens (tertiary/aromatic N) is 1. The molecule has 0 bridgehead atoms. The molecule has 0 N–H and O–H groups in total. The Morgan fingerprint density at radius 2 is 2.08 bits per heavy atom. The van der Waals surface area contributed by atoms with Crippen LogP contribution in [-0.4, -0.2) is 24.9 Å². The normalized spacial score (nSPS) is 9.85. The van der Waals surface area contributed by atoms with Gasteiger partial charge in [-0.3, -0.25) is 4.79 Å². The predicted octanol–water partition coefficient (Wildman–Crippen LogP) is 2.33. The zero-order chi connectivity index (χ0) is 10.0. The molecular weight excluding hydrogens is 206 g/mol. The van der Waals surface area contributed by atoms with Gasteiger partial charge < -0.3 is 4.90 Å². The van der Waals surface area contributed by atoms with Crippen LogP contribution in [0.5, 0.6) is 0 Å². The Hall–Kier alpha value is -0.670.